The standard InChI is InChI=1S/C17H18ClN3S/c18-14-12-3-1-2-4-13(12)22-15(14)16-19-17(21-20-16)9-10-5-7-11(17)8-6-10/h1-4,10-11,21H,5-9H2,(H,19,20)/t10?,11?,17-/m0/s1. The molecule has 2 heterocycles. The van der Waals surface area contributed by atoms with Crippen molar-refractivity contribution in [2.45, 2.75) is 37.8 Å². The topological polar surface area (TPSA) is 36.4 Å². The Kier molecular flexibility index (Phi) is 2.77. The van der Waals surface area contributed by atoms with Crippen molar-refractivity contribution in [1.29, 1.82) is 0 Å². The molecule has 0 saturated heterocycles. The van der Waals surface area contributed by atoms with Gasteiger partial charge in [0, 0.05) is 16.0 Å². The van der Waals surface area contributed by atoms with Crippen molar-refractivity contribution in [2.75, 3.05) is 0 Å². The van der Waals surface area contributed by atoms with Crippen LogP contribution in [0.25, 0.3) is 10.1 Å². The molecule has 0 radical (unpaired) electrons. The first kappa shape index (κ1) is 13.2. The van der Waals surface area contributed by atoms with Crippen LogP contribution in [-0.4, -0.2) is 11.5 Å². The van der Waals surface area contributed by atoms with E-state index < -0.39 is 0 Å². The molecule has 0 amide bonds. The van der Waals surface area contributed by atoms with Crippen molar-refractivity contribution in [2.24, 2.45) is 16.9 Å². The molecule has 1 aliphatic heterocycles. The maximum Gasteiger partial charge on any atom is 0.166 e. The van der Waals surface area contributed by atoms with E-state index in [-0.39, 0.29) is 5.66 Å². The Morgan fingerprint density at radius 2 is 2.00 bits per heavy atom. The molecular weight excluding hydrogens is 314 g/mol. The molecule has 22 heavy (non-hydrogen) atoms. The summed E-state index contributed by atoms with van der Waals surface area (Å²) in [6.45, 7) is 0. The number of thiophene rings is 1. The molecule has 1 spiro atoms. The van der Waals surface area contributed by atoms with E-state index in [4.69, 9.17) is 11.6 Å². The summed E-state index contributed by atoms with van der Waals surface area (Å²) >= 11 is 8.33. The molecule has 0 unspecified atom stereocenters. The maximum absolute atomic E-state index is 6.61. The van der Waals surface area contributed by atoms with Crippen molar-refractivity contribution in [3.63, 3.8) is 0 Å². The van der Waals surface area contributed by atoms with E-state index in [2.05, 4.69) is 34.0 Å². The average Bonchev–Trinajstić information content (AvgIpc) is 3.11. The predicted molar refractivity (Wildman–Crippen MR) is 92.4 cm³/mol. The molecular formula is C17H18ClN3S. The number of amidine groups is 1. The highest BCUT2D eigenvalue weighted by Crippen LogP contribution is 2.47. The van der Waals surface area contributed by atoms with Crippen molar-refractivity contribution in [3.8, 4) is 0 Å². The van der Waals surface area contributed by atoms with E-state index >= 15 is 0 Å². The highest BCUT2D eigenvalue weighted by Gasteiger charge is 2.50. The molecule has 3 nitrogen and oxygen atoms in total. The van der Waals surface area contributed by atoms with Gasteiger partial charge in [0.2, 0.25) is 0 Å². The Morgan fingerprint density at radius 3 is 2.73 bits per heavy atom. The van der Waals surface area contributed by atoms with Crippen LogP contribution in [0.3, 0.4) is 0 Å². The molecule has 3 fully saturated rings. The lowest BCUT2D eigenvalue weighted by atomic mass is 9.64. The number of hydrogen-bond donors (Lipinski definition) is 2. The summed E-state index contributed by atoms with van der Waals surface area (Å²) in [4.78, 5) is 1.06. The second kappa shape index (κ2) is 4.62. The third-order valence-corrected chi connectivity index (χ3v) is 7.30. The zero-order valence-electron chi connectivity index (χ0n) is 12.2. The van der Waals surface area contributed by atoms with Gasteiger partial charge in [-0.3, -0.25) is 5.43 Å². The summed E-state index contributed by atoms with van der Waals surface area (Å²) < 4.78 is 1.22. The fourth-order valence-electron chi connectivity index (χ4n) is 4.47. The Morgan fingerprint density at radius 1 is 1.18 bits per heavy atom. The molecule has 2 aromatic rings. The second-order valence-corrected chi connectivity index (χ2v) is 8.26. The third-order valence-electron chi connectivity index (χ3n) is 5.61. The number of fused-ring (bicyclic) bond motifs is 3. The van der Waals surface area contributed by atoms with E-state index in [1.54, 1.807) is 11.3 Å². The van der Waals surface area contributed by atoms with Crippen molar-refractivity contribution < 1.29 is 0 Å². The fraction of sp³-hybridized carbons (Fsp3) is 0.471. The molecule has 3 aliphatic carbocycles. The summed E-state index contributed by atoms with van der Waals surface area (Å²) in [5.41, 5.74) is 3.43. The van der Waals surface area contributed by atoms with E-state index in [9.17, 15) is 0 Å². The quantitative estimate of drug-likeness (QED) is 0.816. The number of hydrazone groups is 1. The molecule has 1 aromatic carbocycles. The normalized spacial score (nSPS) is 33.0. The number of hydrogen-bond acceptors (Lipinski definition) is 4. The fourth-order valence-corrected chi connectivity index (χ4v) is 5.93. The lowest BCUT2D eigenvalue weighted by Gasteiger charge is -2.49. The molecule has 1 aromatic heterocycles. The third kappa shape index (κ3) is 1.77. The number of halogens is 1. The number of benzene rings is 1. The Balaban J connectivity index is 1.50. The molecule has 1 atom stereocenters. The number of nitrogens with zero attached hydrogens (tertiary/aromatic N) is 1. The Hall–Kier alpha value is -1.26. The Bertz CT molecular complexity index is 775. The van der Waals surface area contributed by atoms with E-state index in [0.29, 0.717) is 5.92 Å². The van der Waals surface area contributed by atoms with Gasteiger partial charge in [0.25, 0.3) is 0 Å². The first-order valence-corrected chi connectivity index (χ1v) is 9.25. The van der Waals surface area contributed by atoms with E-state index in [1.807, 2.05) is 6.07 Å². The van der Waals surface area contributed by atoms with Crippen LogP contribution in [0.15, 0.2) is 29.4 Å². The summed E-state index contributed by atoms with van der Waals surface area (Å²) in [6, 6.07) is 8.30. The molecule has 5 heteroatoms. The molecule has 114 valence electrons. The summed E-state index contributed by atoms with van der Waals surface area (Å²) in [6.07, 6.45) is 6.58. The van der Waals surface area contributed by atoms with Crippen LogP contribution in [0.4, 0.5) is 0 Å². The molecule has 4 aliphatic rings. The minimum absolute atomic E-state index is 0.0179. The highest BCUT2D eigenvalue weighted by atomic mass is 35.5. The lowest BCUT2D eigenvalue weighted by molar-refractivity contribution is 0.0394. The van der Waals surface area contributed by atoms with Crippen LogP contribution in [-0.2, 0) is 0 Å². The van der Waals surface area contributed by atoms with Crippen molar-refractivity contribution >= 4 is 38.9 Å². The Labute approximate surface area is 138 Å². The summed E-state index contributed by atoms with van der Waals surface area (Å²) in [7, 11) is 0. The smallest absolute Gasteiger partial charge is 0.166 e. The maximum atomic E-state index is 6.61. The SMILES string of the molecule is Clc1c(C2=NN[C@]3(CC4CCC3CC4)N2)sc2ccccc12. The minimum atomic E-state index is -0.0179. The van der Waals surface area contributed by atoms with Gasteiger partial charge >= 0.3 is 0 Å². The van der Waals surface area contributed by atoms with Gasteiger partial charge in [0.05, 0.1) is 9.90 Å². The zero-order chi connectivity index (χ0) is 14.7. The van der Waals surface area contributed by atoms with Gasteiger partial charge in [0.15, 0.2) is 5.84 Å². The monoisotopic (exact) mass is 331 g/mol. The number of rotatable bonds is 1. The van der Waals surface area contributed by atoms with Gasteiger partial charge in [-0.15, -0.1) is 11.3 Å². The minimum Gasteiger partial charge on any atom is -0.344 e. The van der Waals surface area contributed by atoms with Crippen molar-refractivity contribution in [1.82, 2.24) is 10.7 Å². The van der Waals surface area contributed by atoms with Crippen LogP contribution in [0.5, 0.6) is 0 Å². The largest absolute Gasteiger partial charge is 0.344 e. The van der Waals surface area contributed by atoms with Crippen LogP contribution in [0, 0.1) is 11.8 Å². The van der Waals surface area contributed by atoms with Gasteiger partial charge in [-0.25, -0.2) is 0 Å². The van der Waals surface area contributed by atoms with Crippen LogP contribution in [0.1, 0.15) is 37.0 Å². The summed E-state index contributed by atoms with van der Waals surface area (Å²) in [5.74, 6) is 2.46. The first-order chi connectivity index (χ1) is 10.8. The van der Waals surface area contributed by atoms with Crippen LogP contribution in [0.2, 0.25) is 5.02 Å². The van der Waals surface area contributed by atoms with Crippen LogP contribution < -0.4 is 10.7 Å². The second-order valence-electron chi connectivity index (χ2n) is 6.83. The van der Waals surface area contributed by atoms with Gasteiger partial charge in [0.1, 0.15) is 5.66 Å². The molecule has 2 bridgehead atoms. The molecule has 6 rings (SSSR count). The summed E-state index contributed by atoms with van der Waals surface area (Å²) in [5, 5.41) is 10.3. The first-order valence-electron chi connectivity index (χ1n) is 8.06. The average molecular weight is 332 g/mol. The van der Waals surface area contributed by atoms with Gasteiger partial charge < -0.3 is 5.32 Å². The van der Waals surface area contributed by atoms with Crippen molar-refractivity contribution in [3.05, 3.63) is 34.2 Å². The molecule has 2 N–H and O–H groups in total. The van der Waals surface area contributed by atoms with Gasteiger partial charge in [-0.05, 0) is 44.1 Å². The zero-order valence-corrected chi connectivity index (χ0v) is 13.8. The van der Waals surface area contributed by atoms with E-state index in [1.165, 1.54) is 36.8 Å². The molecule has 3 saturated carbocycles. The number of nitrogens with one attached hydrogen (secondary N) is 2. The van der Waals surface area contributed by atoms with E-state index in [0.717, 1.165) is 27.0 Å². The predicted octanol–water partition coefficient (Wildman–Crippen LogP) is 4.32. The lowest BCUT2D eigenvalue weighted by Crippen LogP contribution is -2.62. The highest BCUT2D eigenvalue weighted by molar-refractivity contribution is 7.21. The van der Waals surface area contributed by atoms with Gasteiger partial charge in [-0.1, -0.05) is 29.8 Å². The van der Waals surface area contributed by atoms with Gasteiger partial charge in [-0.2, -0.15) is 5.10 Å². The van der Waals surface area contributed by atoms with Crippen LogP contribution >= 0.6 is 22.9 Å².